The maximum atomic E-state index is 12.2. The van der Waals surface area contributed by atoms with Crippen molar-refractivity contribution >= 4 is 22.8 Å². The average molecular weight is 369 g/mol. The van der Waals surface area contributed by atoms with Gasteiger partial charge in [0, 0.05) is 12.1 Å². The molecule has 0 spiro atoms. The minimum atomic E-state index is -0.819. The molecule has 6 heteroatoms. The molecule has 4 atom stereocenters. The van der Waals surface area contributed by atoms with Crippen LogP contribution in [0.4, 0.5) is 0 Å². The number of esters is 1. The van der Waals surface area contributed by atoms with E-state index in [0.717, 1.165) is 12.0 Å². The molecule has 0 unspecified atom stereocenters. The van der Waals surface area contributed by atoms with Crippen molar-refractivity contribution in [2.75, 3.05) is 6.61 Å². The van der Waals surface area contributed by atoms with Crippen LogP contribution in [-0.2, 0) is 9.53 Å². The van der Waals surface area contributed by atoms with Gasteiger partial charge in [0.2, 0.25) is 5.76 Å². The zero-order valence-corrected chi connectivity index (χ0v) is 15.3. The number of hydrogen-bond acceptors (Lipinski definition) is 5. The largest absolute Gasteiger partial charge is 0.450 e. The minimum absolute atomic E-state index is 0.0742. The van der Waals surface area contributed by atoms with Crippen molar-refractivity contribution in [3.8, 4) is 0 Å². The lowest BCUT2D eigenvalue weighted by atomic mass is 9.84. The Balaban J connectivity index is 1.33. The number of carbonyl (C=O) groups is 2. The standard InChI is InChI=1S/C21H23NO5/c1-12(16-9-13-6-7-14(16)8-13)22-20(24)11-26-21(25)19-10-17(23)15-4-2-3-5-18(15)27-19/h2-5,10,12-14,16H,6-9,11H2,1H3,(H,22,24)/t12-,13+,14+,16-/m1/s1. The third kappa shape index (κ3) is 3.61. The normalized spacial score (nSPS) is 24.7. The fraction of sp³-hybridized carbons (Fsp3) is 0.476. The molecular weight excluding hydrogens is 346 g/mol. The van der Waals surface area contributed by atoms with Crippen LogP contribution in [0.3, 0.4) is 0 Å². The van der Waals surface area contributed by atoms with Gasteiger partial charge in [-0.2, -0.15) is 0 Å². The van der Waals surface area contributed by atoms with Gasteiger partial charge in [0.05, 0.1) is 5.39 Å². The quantitative estimate of drug-likeness (QED) is 0.819. The first-order valence-electron chi connectivity index (χ1n) is 9.50. The van der Waals surface area contributed by atoms with E-state index < -0.39 is 5.97 Å². The topological polar surface area (TPSA) is 85.6 Å². The van der Waals surface area contributed by atoms with Gasteiger partial charge < -0.3 is 14.5 Å². The van der Waals surface area contributed by atoms with E-state index in [2.05, 4.69) is 5.32 Å². The van der Waals surface area contributed by atoms with E-state index in [1.54, 1.807) is 24.3 Å². The van der Waals surface area contributed by atoms with Crippen LogP contribution in [0, 0.1) is 17.8 Å². The predicted octanol–water partition coefficient (Wildman–Crippen LogP) is 2.89. The summed E-state index contributed by atoms with van der Waals surface area (Å²) in [5, 5.41) is 3.34. The Morgan fingerprint density at radius 1 is 1.26 bits per heavy atom. The molecular formula is C21H23NO5. The highest BCUT2D eigenvalue weighted by molar-refractivity contribution is 5.90. The van der Waals surface area contributed by atoms with E-state index in [0.29, 0.717) is 22.8 Å². The maximum absolute atomic E-state index is 12.2. The third-order valence-corrected chi connectivity index (χ3v) is 5.99. The molecule has 2 aromatic rings. The summed E-state index contributed by atoms with van der Waals surface area (Å²) in [6.45, 7) is 1.63. The molecule has 1 amide bonds. The summed E-state index contributed by atoms with van der Waals surface area (Å²) in [5.74, 6) is 0.685. The van der Waals surface area contributed by atoms with Crippen LogP contribution in [0.5, 0.6) is 0 Å². The highest BCUT2D eigenvalue weighted by Crippen LogP contribution is 2.49. The van der Waals surface area contributed by atoms with E-state index in [4.69, 9.17) is 9.15 Å². The molecule has 1 aromatic carbocycles. The van der Waals surface area contributed by atoms with E-state index in [1.807, 2.05) is 6.92 Å². The first-order chi connectivity index (χ1) is 13.0. The summed E-state index contributed by atoms with van der Waals surface area (Å²) >= 11 is 0. The van der Waals surface area contributed by atoms with Crippen LogP contribution in [-0.4, -0.2) is 24.5 Å². The van der Waals surface area contributed by atoms with Gasteiger partial charge in [-0.1, -0.05) is 18.6 Å². The molecule has 2 bridgehead atoms. The summed E-state index contributed by atoms with van der Waals surface area (Å²) in [7, 11) is 0. The summed E-state index contributed by atoms with van der Waals surface area (Å²) in [6, 6.07) is 7.84. The number of nitrogens with one attached hydrogen (secondary N) is 1. The van der Waals surface area contributed by atoms with Gasteiger partial charge in [-0.05, 0) is 56.1 Å². The number of para-hydroxylation sites is 1. The lowest BCUT2D eigenvalue weighted by molar-refractivity contribution is -0.125. The van der Waals surface area contributed by atoms with Gasteiger partial charge in [0.1, 0.15) is 5.58 Å². The van der Waals surface area contributed by atoms with Crippen LogP contribution in [0.2, 0.25) is 0 Å². The Hall–Kier alpha value is -2.63. The molecule has 1 N–H and O–H groups in total. The third-order valence-electron chi connectivity index (χ3n) is 5.99. The smallest absolute Gasteiger partial charge is 0.374 e. The van der Waals surface area contributed by atoms with E-state index in [-0.39, 0.29) is 29.7 Å². The summed E-state index contributed by atoms with van der Waals surface area (Å²) in [5.41, 5.74) is -0.00975. The van der Waals surface area contributed by atoms with Gasteiger partial charge in [-0.3, -0.25) is 9.59 Å². The van der Waals surface area contributed by atoms with Gasteiger partial charge in [-0.15, -0.1) is 0 Å². The first kappa shape index (κ1) is 17.8. The number of benzene rings is 1. The zero-order valence-electron chi connectivity index (χ0n) is 15.3. The van der Waals surface area contributed by atoms with Gasteiger partial charge in [0.15, 0.2) is 12.0 Å². The summed E-state index contributed by atoms with van der Waals surface area (Å²) in [6.07, 6.45) is 5.02. The van der Waals surface area contributed by atoms with Crippen LogP contribution in [0.15, 0.2) is 39.5 Å². The molecule has 4 rings (SSSR count). The second kappa shape index (κ2) is 7.18. The van der Waals surface area contributed by atoms with Crippen molar-refractivity contribution in [3.05, 3.63) is 46.3 Å². The summed E-state index contributed by atoms with van der Waals surface area (Å²) < 4.78 is 10.5. The fourth-order valence-electron chi connectivity index (χ4n) is 4.72. The molecule has 6 nitrogen and oxygen atoms in total. The minimum Gasteiger partial charge on any atom is -0.450 e. The Kier molecular flexibility index (Phi) is 4.72. The second-order valence-electron chi connectivity index (χ2n) is 7.74. The zero-order chi connectivity index (χ0) is 19.0. The Labute approximate surface area is 156 Å². The van der Waals surface area contributed by atoms with Crippen molar-refractivity contribution in [2.45, 2.75) is 38.6 Å². The highest BCUT2D eigenvalue weighted by Gasteiger charge is 2.42. The lowest BCUT2D eigenvalue weighted by Gasteiger charge is -2.28. The van der Waals surface area contributed by atoms with Gasteiger partial charge >= 0.3 is 5.97 Å². The van der Waals surface area contributed by atoms with Crippen molar-refractivity contribution in [1.29, 1.82) is 0 Å². The second-order valence-corrected chi connectivity index (χ2v) is 7.74. The monoisotopic (exact) mass is 369 g/mol. The number of hydrogen-bond donors (Lipinski definition) is 1. The molecule has 1 heterocycles. The number of rotatable bonds is 5. The van der Waals surface area contributed by atoms with E-state index in [9.17, 15) is 14.4 Å². The molecule has 2 aliphatic carbocycles. The lowest BCUT2D eigenvalue weighted by Crippen LogP contribution is -2.42. The molecule has 27 heavy (non-hydrogen) atoms. The van der Waals surface area contributed by atoms with Crippen LogP contribution in [0.1, 0.15) is 43.2 Å². The Morgan fingerprint density at radius 2 is 2.07 bits per heavy atom. The number of carbonyl (C=O) groups excluding carboxylic acids is 2. The van der Waals surface area contributed by atoms with Crippen LogP contribution < -0.4 is 10.7 Å². The van der Waals surface area contributed by atoms with E-state index >= 15 is 0 Å². The first-order valence-corrected chi connectivity index (χ1v) is 9.50. The molecule has 2 aliphatic rings. The number of amides is 1. The predicted molar refractivity (Wildman–Crippen MR) is 99.3 cm³/mol. The average Bonchev–Trinajstić information content (AvgIpc) is 3.29. The Morgan fingerprint density at radius 3 is 2.81 bits per heavy atom. The highest BCUT2D eigenvalue weighted by atomic mass is 16.5. The number of ether oxygens (including phenoxy) is 1. The maximum Gasteiger partial charge on any atom is 0.374 e. The SMILES string of the molecule is C[C@@H](NC(=O)COC(=O)c1cc(=O)c2ccccc2o1)[C@H]1C[C@H]2CC[C@H]1C2. The van der Waals surface area contributed by atoms with Crippen molar-refractivity contribution in [1.82, 2.24) is 5.32 Å². The molecule has 0 saturated heterocycles. The van der Waals surface area contributed by atoms with Crippen LogP contribution in [0.25, 0.3) is 11.0 Å². The van der Waals surface area contributed by atoms with E-state index in [1.165, 1.54) is 25.7 Å². The molecule has 0 radical (unpaired) electrons. The summed E-state index contributed by atoms with van der Waals surface area (Å²) in [4.78, 5) is 36.4. The Bertz CT molecular complexity index is 934. The molecule has 2 saturated carbocycles. The molecule has 0 aliphatic heterocycles. The van der Waals surface area contributed by atoms with Crippen molar-refractivity contribution < 1.29 is 18.7 Å². The number of fused-ring (bicyclic) bond motifs is 3. The molecule has 2 fully saturated rings. The molecule has 1 aromatic heterocycles. The van der Waals surface area contributed by atoms with Gasteiger partial charge in [-0.25, -0.2) is 4.79 Å². The van der Waals surface area contributed by atoms with Crippen LogP contribution >= 0.6 is 0 Å². The molecule has 142 valence electrons. The fourth-order valence-corrected chi connectivity index (χ4v) is 4.72. The van der Waals surface area contributed by atoms with Crippen molar-refractivity contribution in [3.63, 3.8) is 0 Å². The van der Waals surface area contributed by atoms with Crippen molar-refractivity contribution in [2.24, 2.45) is 17.8 Å². The van der Waals surface area contributed by atoms with Gasteiger partial charge in [0.25, 0.3) is 5.91 Å².